The van der Waals surface area contributed by atoms with Crippen LogP contribution in [0.4, 0.5) is 0 Å². The van der Waals surface area contributed by atoms with Gasteiger partial charge in [-0.1, -0.05) is 19.1 Å². The van der Waals surface area contributed by atoms with Crippen molar-refractivity contribution in [1.82, 2.24) is 10.2 Å². The number of hydrogen-bond acceptors (Lipinski definition) is 2. The van der Waals surface area contributed by atoms with Crippen molar-refractivity contribution in [2.75, 3.05) is 19.6 Å². The van der Waals surface area contributed by atoms with Gasteiger partial charge in [-0.15, -0.1) is 0 Å². The van der Waals surface area contributed by atoms with E-state index in [-0.39, 0.29) is 5.92 Å². The van der Waals surface area contributed by atoms with Gasteiger partial charge < -0.3 is 10.2 Å². The average molecular weight is 234 g/mol. The van der Waals surface area contributed by atoms with Crippen molar-refractivity contribution in [2.24, 2.45) is 17.8 Å². The first-order valence-corrected chi connectivity index (χ1v) is 6.99. The van der Waals surface area contributed by atoms with E-state index >= 15 is 0 Å². The first-order valence-electron chi connectivity index (χ1n) is 6.99. The summed E-state index contributed by atoms with van der Waals surface area (Å²) < 4.78 is 0. The molecule has 1 saturated carbocycles. The quantitative estimate of drug-likeness (QED) is 0.746. The van der Waals surface area contributed by atoms with Crippen LogP contribution in [0.2, 0.25) is 0 Å². The van der Waals surface area contributed by atoms with Crippen molar-refractivity contribution in [1.29, 1.82) is 0 Å². The molecule has 2 aliphatic carbocycles. The van der Waals surface area contributed by atoms with E-state index in [9.17, 15) is 4.79 Å². The maximum absolute atomic E-state index is 12.6. The summed E-state index contributed by atoms with van der Waals surface area (Å²) in [6.45, 7) is 5.07. The third-order valence-corrected chi connectivity index (χ3v) is 4.54. The van der Waals surface area contributed by atoms with Gasteiger partial charge in [-0.2, -0.15) is 0 Å². The molecular formula is C14H22N2O. The van der Waals surface area contributed by atoms with Crippen molar-refractivity contribution in [3.63, 3.8) is 0 Å². The molecule has 2 fully saturated rings. The van der Waals surface area contributed by atoms with Gasteiger partial charge in [-0.05, 0) is 31.1 Å². The summed E-state index contributed by atoms with van der Waals surface area (Å²) in [6.07, 6.45) is 7.97. The summed E-state index contributed by atoms with van der Waals surface area (Å²) >= 11 is 0. The second-order valence-electron chi connectivity index (χ2n) is 5.73. The third-order valence-electron chi connectivity index (χ3n) is 4.54. The van der Waals surface area contributed by atoms with E-state index in [0.717, 1.165) is 32.5 Å². The summed E-state index contributed by atoms with van der Waals surface area (Å²) in [5, 5.41) is 3.27. The van der Waals surface area contributed by atoms with Crippen LogP contribution in [0.3, 0.4) is 0 Å². The highest BCUT2D eigenvalue weighted by atomic mass is 16.2. The van der Waals surface area contributed by atoms with Crippen LogP contribution in [-0.4, -0.2) is 36.5 Å². The number of allylic oxidation sites excluding steroid dienone is 2. The minimum absolute atomic E-state index is 0.289. The van der Waals surface area contributed by atoms with E-state index in [0.29, 0.717) is 23.8 Å². The number of fused-ring (bicyclic) bond motifs is 2. The Morgan fingerprint density at radius 1 is 1.35 bits per heavy atom. The molecule has 0 aromatic heterocycles. The number of rotatable bonds is 4. The molecule has 3 unspecified atom stereocenters. The molecule has 1 N–H and O–H groups in total. The Morgan fingerprint density at radius 3 is 2.65 bits per heavy atom. The molecule has 3 nitrogen and oxygen atoms in total. The first kappa shape index (κ1) is 11.3. The van der Waals surface area contributed by atoms with Crippen LogP contribution in [0.5, 0.6) is 0 Å². The number of carbonyl (C=O) groups excluding carboxylic acids is 1. The van der Waals surface area contributed by atoms with Crippen LogP contribution in [0.25, 0.3) is 0 Å². The number of amides is 1. The van der Waals surface area contributed by atoms with Crippen LogP contribution < -0.4 is 5.32 Å². The van der Waals surface area contributed by atoms with Gasteiger partial charge >= 0.3 is 0 Å². The van der Waals surface area contributed by atoms with E-state index in [1.807, 2.05) is 0 Å². The Morgan fingerprint density at radius 2 is 2.18 bits per heavy atom. The Bertz CT molecular complexity index is 335. The molecule has 3 aliphatic rings. The van der Waals surface area contributed by atoms with Crippen LogP contribution in [-0.2, 0) is 4.79 Å². The topological polar surface area (TPSA) is 32.3 Å². The van der Waals surface area contributed by atoms with Crippen molar-refractivity contribution < 1.29 is 4.79 Å². The van der Waals surface area contributed by atoms with Gasteiger partial charge in [-0.3, -0.25) is 4.79 Å². The standard InChI is InChI=1S/C14H22N2O/c1-2-5-16(12-8-15-9-12)14(17)13-7-10-3-4-11(13)6-10/h3-4,10-13,15H,2,5-9H2,1H3. The normalized spacial score (nSPS) is 35.0. The highest BCUT2D eigenvalue weighted by Crippen LogP contribution is 2.44. The monoisotopic (exact) mass is 234 g/mol. The van der Waals surface area contributed by atoms with Crippen molar-refractivity contribution in [3.8, 4) is 0 Å². The second-order valence-corrected chi connectivity index (χ2v) is 5.73. The zero-order valence-corrected chi connectivity index (χ0v) is 10.6. The van der Waals surface area contributed by atoms with Gasteiger partial charge in [0.25, 0.3) is 0 Å². The molecule has 1 heterocycles. The van der Waals surface area contributed by atoms with Crippen molar-refractivity contribution in [3.05, 3.63) is 12.2 Å². The van der Waals surface area contributed by atoms with Gasteiger partial charge in [0.15, 0.2) is 0 Å². The smallest absolute Gasteiger partial charge is 0.226 e. The van der Waals surface area contributed by atoms with Crippen LogP contribution in [0.1, 0.15) is 26.2 Å². The molecule has 0 spiro atoms. The van der Waals surface area contributed by atoms with E-state index in [1.165, 1.54) is 6.42 Å². The molecule has 1 saturated heterocycles. The maximum atomic E-state index is 12.6. The molecule has 0 aromatic carbocycles. The number of nitrogens with zero attached hydrogens (tertiary/aromatic N) is 1. The van der Waals surface area contributed by atoms with Gasteiger partial charge in [0.05, 0.1) is 6.04 Å². The Hall–Kier alpha value is -0.830. The second kappa shape index (κ2) is 4.45. The fourth-order valence-electron chi connectivity index (χ4n) is 3.49. The minimum Gasteiger partial charge on any atom is -0.337 e. The lowest BCUT2D eigenvalue weighted by Crippen LogP contribution is -2.60. The molecule has 0 radical (unpaired) electrons. The van der Waals surface area contributed by atoms with Gasteiger partial charge in [0.1, 0.15) is 0 Å². The third kappa shape index (κ3) is 1.90. The molecule has 0 aromatic rings. The summed E-state index contributed by atoms with van der Waals surface area (Å²) in [5.41, 5.74) is 0. The summed E-state index contributed by atoms with van der Waals surface area (Å²) in [6, 6.07) is 0.463. The molecule has 94 valence electrons. The Labute approximate surface area is 103 Å². The Kier molecular flexibility index (Phi) is 2.95. The summed E-state index contributed by atoms with van der Waals surface area (Å²) in [5.74, 6) is 1.95. The first-order chi connectivity index (χ1) is 8.29. The van der Waals surface area contributed by atoms with E-state index < -0.39 is 0 Å². The zero-order chi connectivity index (χ0) is 11.8. The zero-order valence-electron chi connectivity index (χ0n) is 10.6. The molecule has 3 heteroatoms. The summed E-state index contributed by atoms with van der Waals surface area (Å²) in [7, 11) is 0. The lowest BCUT2D eigenvalue weighted by Gasteiger charge is -2.40. The number of carbonyl (C=O) groups is 1. The van der Waals surface area contributed by atoms with E-state index in [1.54, 1.807) is 0 Å². The summed E-state index contributed by atoms with van der Waals surface area (Å²) in [4.78, 5) is 14.8. The number of hydrogen-bond donors (Lipinski definition) is 1. The van der Waals surface area contributed by atoms with Crippen molar-refractivity contribution in [2.45, 2.75) is 32.2 Å². The highest BCUT2D eigenvalue weighted by Gasteiger charge is 2.43. The van der Waals surface area contributed by atoms with Gasteiger partial charge in [0.2, 0.25) is 5.91 Å². The fourth-order valence-corrected chi connectivity index (χ4v) is 3.49. The van der Waals surface area contributed by atoms with Crippen LogP contribution >= 0.6 is 0 Å². The van der Waals surface area contributed by atoms with Crippen molar-refractivity contribution >= 4 is 5.91 Å². The predicted octanol–water partition coefficient (Wildman–Crippen LogP) is 1.41. The van der Waals surface area contributed by atoms with Gasteiger partial charge in [0, 0.05) is 25.6 Å². The maximum Gasteiger partial charge on any atom is 0.226 e. The lowest BCUT2D eigenvalue weighted by atomic mass is 9.91. The minimum atomic E-state index is 0.289. The SMILES string of the molecule is CCCN(C(=O)C1CC2C=CC1C2)C1CNC1. The lowest BCUT2D eigenvalue weighted by molar-refractivity contribution is -0.139. The van der Waals surface area contributed by atoms with E-state index in [2.05, 4.69) is 29.3 Å². The molecule has 1 amide bonds. The largest absolute Gasteiger partial charge is 0.337 e. The molecule has 3 atom stereocenters. The van der Waals surface area contributed by atoms with Crippen LogP contribution in [0, 0.1) is 17.8 Å². The van der Waals surface area contributed by atoms with Gasteiger partial charge in [-0.25, -0.2) is 0 Å². The molecule has 17 heavy (non-hydrogen) atoms. The molecule has 3 rings (SSSR count). The average Bonchev–Trinajstić information content (AvgIpc) is 2.86. The fraction of sp³-hybridized carbons (Fsp3) is 0.786. The Balaban J connectivity index is 1.68. The number of nitrogens with one attached hydrogen (secondary N) is 1. The van der Waals surface area contributed by atoms with Crippen LogP contribution in [0.15, 0.2) is 12.2 Å². The molecular weight excluding hydrogens is 212 g/mol. The van der Waals surface area contributed by atoms with E-state index in [4.69, 9.17) is 0 Å². The molecule has 1 aliphatic heterocycles. The molecule has 2 bridgehead atoms. The predicted molar refractivity (Wildman–Crippen MR) is 67.5 cm³/mol. The highest BCUT2D eigenvalue weighted by molar-refractivity contribution is 5.80.